The third kappa shape index (κ3) is 72.8. The van der Waals surface area contributed by atoms with Crippen molar-refractivity contribution in [2.75, 3.05) is 75.2 Å². The van der Waals surface area contributed by atoms with E-state index in [1.54, 1.807) is 7.11 Å². The molecule has 4 fully saturated rings. The Labute approximate surface area is 593 Å². The summed E-state index contributed by atoms with van der Waals surface area (Å²) < 4.78 is 53.2. The summed E-state index contributed by atoms with van der Waals surface area (Å²) in [4.78, 5) is 0. The van der Waals surface area contributed by atoms with Gasteiger partial charge in [-0.2, -0.15) is 0 Å². The molecule has 4 aliphatic rings. The summed E-state index contributed by atoms with van der Waals surface area (Å²) in [5.41, 5.74) is 0.704. The van der Waals surface area contributed by atoms with E-state index in [1.807, 2.05) is 49.2 Å². The maximum absolute atomic E-state index is 5.70. The Bertz CT molecular complexity index is 1440. The average Bonchev–Trinajstić information content (AvgIpc) is 3.32. The highest BCUT2D eigenvalue weighted by atomic mass is 16.5. The maximum atomic E-state index is 5.70. The Balaban J connectivity index is -0.000000230. The summed E-state index contributed by atoms with van der Waals surface area (Å²) >= 11 is 0. The molecule has 0 aromatic carbocycles. The molecule has 0 aliphatic heterocycles. The molecule has 576 valence electrons. The second-order valence-electron chi connectivity index (χ2n) is 32.8. The molecule has 0 radical (unpaired) electrons. The van der Waals surface area contributed by atoms with E-state index in [0.29, 0.717) is 83.3 Å². The summed E-state index contributed by atoms with van der Waals surface area (Å²) in [6, 6.07) is 0. The van der Waals surface area contributed by atoms with Crippen LogP contribution in [0.2, 0.25) is 0 Å². The smallest absolute Gasteiger partial charge is 0.0602 e. The highest BCUT2D eigenvalue weighted by Crippen LogP contribution is 2.30. The van der Waals surface area contributed by atoms with Gasteiger partial charge in [0.2, 0.25) is 0 Å². The van der Waals surface area contributed by atoms with Crippen LogP contribution >= 0.6 is 0 Å². The quantitative estimate of drug-likeness (QED) is 0.0823. The Morgan fingerprint density at radius 2 is 0.617 bits per heavy atom. The van der Waals surface area contributed by atoms with E-state index in [0.717, 1.165) is 69.2 Å². The molecule has 0 bridgehead atoms. The van der Waals surface area contributed by atoms with Crippen molar-refractivity contribution in [3.8, 4) is 0 Å². The van der Waals surface area contributed by atoms with Crippen molar-refractivity contribution in [2.24, 2.45) is 64.1 Å². The minimum absolute atomic E-state index is 0.00366. The van der Waals surface area contributed by atoms with E-state index >= 15 is 0 Å². The Hall–Kier alpha value is -0.400. The molecule has 4 rings (SSSR count). The van der Waals surface area contributed by atoms with Gasteiger partial charge in [0.15, 0.2) is 0 Å². The molecule has 0 N–H and O–H groups in total. The van der Waals surface area contributed by atoms with E-state index in [4.69, 9.17) is 47.4 Å². The van der Waals surface area contributed by atoms with Crippen LogP contribution in [0.1, 0.15) is 355 Å². The van der Waals surface area contributed by atoms with Crippen LogP contribution in [0.25, 0.3) is 0 Å². The fourth-order valence-corrected chi connectivity index (χ4v) is 10.8. The Morgan fingerprint density at radius 3 is 0.787 bits per heavy atom. The fourth-order valence-electron chi connectivity index (χ4n) is 10.8. The van der Waals surface area contributed by atoms with Crippen molar-refractivity contribution >= 4 is 0 Å². The molecule has 0 aromatic heterocycles. The first-order valence-corrected chi connectivity index (χ1v) is 39.5. The van der Waals surface area contributed by atoms with Crippen LogP contribution in [-0.2, 0) is 47.4 Å². The van der Waals surface area contributed by atoms with Crippen LogP contribution in [0.15, 0.2) is 0 Å². The number of methoxy groups -OCH3 is 5. The standard InChI is InChI=1S/C11H22O.C10H20O.C9H18O.C9H20O.C8H16O.3C8H18O.C7H16O.C6H14O/c1-10(12-2)11-8-6-4-3-5-7-9-11;1-9(11-2)10-7-5-3-4-6-8-10;1-8(10-2)9-6-4-3-5-7-9;1-7(2)8(3)10-9(4,5)6;1-7(9-2)8-5-3-4-6-8;1-6(2)7(3)8(4)9-5;1-6(2)8(5)9-7(3)4;1-5-8(3,4)7-9-6-2;1-5-8-6-7(2,3)4;1-4-7-5-6(2)3/h10-11H,3-9H2,1-2H3;9-10H,3-8H2,1-2H3;8-9H,3-7H2,1-2H3;7-8H,1-6H3;7-8H,3-6H2,1-2H3;2*6-8H,1-5H3;5-7H2,1-4H3;5-6H2,1-4H3;6H,4-5H2,1-3H3. The Morgan fingerprint density at radius 1 is 0.330 bits per heavy atom. The topological polar surface area (TPSA) is 92.3 Å². The molecular weight excluding hydrogens is 1170 g/mol. The van der Waals surface area contributed by atoms with Crippen LogP contribution in [0.4, 0.5) is 0 Å². The zero-order valence-electron chi connectivity index (χ0n) is 70.9. The number of hydrogen-bond acceptors (Lipinski definition) is 10. The van der Waals surface area contributed by atoms with E-state index in [1.165, 1.54) is 148 Å². The average molecular weight is 1350 g/mol. The van der Waals surface area contributed by atoms with Crippen LogP contribution in [-0.4, -0.2) is 130 Å². The van der Waals surface area contributed by atoms with Crippen molar-refractivity contribution in [1.29, 1.82) is 0 Å². The van der Waals surface area contributed by atoms with Gasteiger partial charge in [-0.05, 0) is 226 Å². The first-order chi connectivity index (χ1) is 43.8. The van der Waals surface area contributed by atoms with Gasteiger partial charge in [-0.25, -0.2) is 0 Å². The highest BCUT2D eigenvalue weighted by Gasteiger charge is 2.23. The normalized spacial score (nSPS) is 18.8. The van der Waals surface area contributed by atoms with Crippen LogP contribution < -0.4 is 0 Å². The lowest BCUT2D eigenvalue weighted by molar-refractivity contribution is -0.0698. The van der Waals surface area contributed by atoms with Crippen LogP contribution in [0.5, 0.6) is 0 Å². The molecule has 94 heavy (non-hydrogen) atoms. The lowest BCUT2D eigenvalue weighted by Crippen LogP contribution is -2.28. The van der Waals surface area contributed by atoms with Crippen molar-refractivity contribution in [1.82, 2.24) is 0 Å². The summed E-state index contributed by atoms with van der Waals surface area (Å²) in [7, 11) is 9.06. The highest BCUT2D eigenvalue weighted by molar-refractivity contribution is 4.74. The van der Waals surface area contributed by atoms with E-state index < -0.39 is 0 Å². The molecular formula is C84H180O10. The maximum Gasteiger partial charge on any atom is 0.0602 e. The van der Waals surface area contributed by atoms with Crippen molar-refractivity contribution in [3.05, 3.63) is 0 Å². The van der Waals surface area contributed by atoms with Crippen LogP contribution in [0.3, 0.4) is 0 Å². The van der Waals surface area contributed by atoms with Gasteiger partial charge in [0.05, 0.1) is 67.6 Å². The van der Waals surface area contributed by atoms with E-state index in [9.17, 15) is 0 Å². The molecule has 0 saturated heterocycles. The van der Waals surface area contributed by atoms with Gasteiger partial charge in [-0.3, -0.25) is 0 Å². The third-order valence-corrected chi connectivity index (χ3v) is 19.4. The minimum Gasteiger partial charge on any atom is -0.381 e. The van der Waals surface area contributed by atoms with Crippen molar-refractivity contribution in [3.63, 3.8) is 0 Å². The third-order valence-electron chi connectivity index (χ3n) is 19.4. The molecule has 0 amide bonds. The molecule has 0 heterocycles. The van der Waals surface area contributed by atoms with Gasteiger partial charge in [-0.1, -0.05) is 194 Å². The fraction of sp³-hybridized carbons (Fsp3) is 1.00. The van der Waals surface area contributed by atoms with Gasteiger partial charge < -0.3 is 47.4 Å². The molecule has 10 heteroatoms. The summed E-state index contributed by atoms with van der Waals surface area (Å²) in [5.74, 6) is 6.67. The summed E-state index contributed by atoms with van der Waals surface area (Å²) in [6.07, 6.45) is 35.7. The zero-order valence-corrected chi connectivity index (χ0v) is 70.9. The zero-order chi connectivity index (χ0) is 73.9. The Kier molecular flexibility index (Phi) is 74.7. The van der Waals surface area contributed by atoms with Gasteiger partial charge in [0.1, 0.15) is 0 Å². The number of hydrogen-bond donors (Lipinski definition) is 0. The predicted octanol–water partition coefficient (Wildman–Crippen LogP) is 25.0. The second-order valence-corrected chi connectivity index (χ2v) is 32.8. The minimum atomic E-state index is 0.00366. The summed E-state index contributed by atoms with van der Waals surface area (Å²) in [6.45, 7) is 69.6. The van der Waals surface area contributed by atoms with E-state index in [2.05, 4.69) is 187 Å². The molecule has 10 nitrogen and oxygen atoms in total. The van der Waals surface area contributed by atoms with Crippen LogP contribution in [0, 0.1) is 64.1 Å². The first kappa shape index (κ1) is 105. The molecule has 8 unspecified atom stereocenters. The molecule has 8 atom stereocenters. The first-order valence-electron chi connectivity index (χ1n) is 39.5. The molecule has 0 spiro atoms. The van der Waals surface area contributed by atoms with Gasteiger partial charge in [-0.15, -0.1) is 0 Å². The molecule has 0 aromatic rings. The summed E-state index contributed by atoms with van der Waals surface area (Å²) in [5, 5.41) is 0. The number of rotatable bonds is 25. The number of ether oxygens (including phenoxy) is 10. The molecule has 4 aliphatic carbocycles. The lowest BCUT2D eigenvalue weighted by atomic mass is 9.86. The van der Waals surface area contributed by atoms with Gasteiger partial charge in [0, 0.05) is 62.0 Å². The van der Waals surface area contributed by atoms with Gasteiger partial charge in [0.25, 0.3) is 0 Å². The second kappa shape index (κ2) is 67.1. The van der Waals surface area contributed by atoms with Crippen molar-refractivity contribution in [2.45, 2.75) is 410 Å². The molecule has 4 saturated carbocycles. The lowest BCUT2D eigenvalue weighted by Gasteiger charge is -2.27. The van der Waals surface area contributed by atoms with Gasteiger partial charge >= 0.3 is 0 Å². The SMILES string of the molecule is CC(C)C(C)OC(C)(C)C.CC(C)OC(C)C(C)C.CCOCC(C)(C)C.CCOCC(C)(C)CC.CCOCC(C)C.COC(C)C(C)C(C)C.COC(C)C1CCCC1.COC(C)C1CCCCC1.COC(C)C1CCCCCC1.COC(C)C1CCCCCCC1. The van der Waals surface area contributed by atoms with E-state index in [-0.39, 0.29) is 5.60 Å². The largest absolute Gasteiger partial charge is 0.381 e. The van der Waals surface area contributed by atoms with Crippen molar-refractivity contribution < 1.29 is 47.4 Å². The predicted molar refractivity (Wildman–Crippen MR) is 415 cm³/mol. The monoisotopic (exact) mass is 1350 g/mol.